The fourth-order valence-electron chi connectivity index (χ4n) is 5.00. The Kier molecular flexibility index (Phi) is 7.37. The largest absolute Gasteiger partial charge is 0.371 e. The molecule has 0 atom stereocenters. The lowest BCUT2D eigenvalue weighted by Crippen LogP contribution is -2.37. The molecule has 1 saturated heterocycles. The van der Waals surface area contributed by atoms with Crippen LogP contribution in [0.4, 0.5) is 11.4 Å². The molecule has 41 heavy (non-hydrogen) atoms. The second-order valence-electron chi connectivity index (χ2n) is 10.2. The van der Waals surface area contributed by atoms with E-state index < -0.39 is 10.1 Å². The molecule has 1 N–H and O–H groups in total. The van der Waals surface area contributed by atoms with Gasteiger partial charge in [0.1, 0.15) is 4.83 Å². The van der Waals surface area contributed by atoms with Crippen LogP contribution in [-0.4, -0.2) is 43.3 Å². The Morgan fingerprint density at radius 1 is 0.927 bits per heavy atom. The van der Waals surface area contributed by atoms with Gasteiger partial charge in [0, 0.05) is 29.9 Å². The molecular formula is C31H30N4O4S2. The van der Waals surface area contributed by atoms with Gasteiger partial charge >= 0.3 is 0 Å². The van der Waals surface area contributed by atoms with Crippen molar-refractivity contribution in [2.75, 3.05) is 23.3 Å². The minimum absolute atomic E-state index is 0.161. The zero-order chi connectivity index (χ0) is 28.6. The summed E-state index contributed by atoms with van der Waals surface area (Å²) in [6.45, 7) is 5.23. The highest BCUT2D eigenvalue weighted by molar-refractivity contribution is 7.86. The number of hydrogen-bond acceptors (Lipinski definition) is 7. The maximum absolute atomic E-state index is 13.1. The number of para-hydroxylation sites is 1. The average Bonchev–Trinajstić information content (AvgIpc) is 3.55. The lowest BCUT2D eigenvalue weighted by Gasteiger charge is -2.33. The summed E-state index contributed by atoms with van der Waals surface area (Å²) < 4.78 is 32.7. The van der Waals surface area contributed by atoms with Crippen molar-refractivity contribution >= 4 is 49.0 Å². The molecular weight excluding hydrogens is 556 g/mol. The van der Waals surface area contributed by atoms with Crippen LogP contribution >= 0.6 is 11.3 Å². The summed E-state index contributed by atoms with van der Waals surface area (Å²) in [6.07, 6.45) is 0.861. The molecule has 10 heteroatoms. The Hall–Kier alpha value is -3.99. The molecule has 0 spiro atoms. The molecule has 2 aromatic heterocycles. The molecule has 8 nitrogen and oxygen atoms in total. The van der Waals surface area contributed by atoms with Crippen LogP contribution in [0.2, 0.25) is 0 Å². The number of aromatic nitrogens is 2. The van der Waals surface area contributed by atoms with E-state index in [0.29, 0.717) is 36.5 Å². The van der Waals surface area contributed by atoms with E-state index in [4.69, 9.17) is 4.18 Å². The van der Waals surface area contributed by atoms with E-state index in [1.54, 1.807) is 24.3 Å². The zero-order valence-electron chi connectivity index (χ0n) is 22.8. The van der Waals surface area contributed by atoms with Gasteiger partial charge in [0.25, 0.3) is 16.0 Å². The van der Waals surface area contributed by atoms with Crippen molar-refractivity contribution in [3.8, 4) is 5.69 Å². The lowest BCUT2D eigenvalue weighted by molar-refractivity contribution is 0.103. The first-order valence-electron chi connectivity index (χ1n) is 13.5. The van der Waals surface area contributed by atoms with Crippen LogP contribution in [0, 0.1) is 13.8 Å². The molecule has 1 fully saturated rings. The highest BCUT2D eigenvalue weighted by Gasteiger charge is 2.26. The Balaban J connectivity index is 1.07. The second-order valence-corrected chi connectivity index (χ2v) is 12.8. The number of nitrogens with zero attached hydrogens (tertiary/aromatic N) is 3. The number of anilines is 2. The van der Waals surface area contributed by atoms with Gasteiger partial charge in [-0.05, 0) is 81.3 Å². The number of fused-ring (bicyclic) bond motifs is 1. The molecule has 1 aliphatic heterocycles. The number of nitrogens with one attached hydrogen (secondary N) is 1. The van der Waals surface area contributed by atoms with E-state index in [0.717, 1.165) is 32.8 Å². The number of benzene rings is 3. The summed E-state index contributed by atoms with van der Waals surface area (Å²) in [5.74, 6) is -0.161. The van der Waals surface area contributed by atoms with Gasteiger partial charge in [-0.1, -0.05) is 35.9 Å². The molecule has 0 unspecified atom stereocenters. The summed E-state index contributed by atoms with van der Waals surface area (Å²) >= 11 is 1.42. The quantitative estimate of drug-likeness (QED) is 0.224. The summed E-state index contributed by atoms with van der Waals surface area (Å²) in [7, 11) is -3.79. The summed E-state index contributed by atoms with van der Waals surface area (Å²) in [5.41, 5.74) is 4.56. The molecule has 3 aromatic carbocycles. The predicted octanol–water partition coefficient (Wildman–Crippen LogP) is 6.33. The molecule has 3 heterocycles. The van der Waals surface area contributed by atoms with Crippen LogP contribution < -0.4 is 10.2 Å². The Bertz CT molecular complexity index is 1790. The van der Waals surface area contributed by atoms with E-state index in [1.165, 1.54) is 11.3 Å². The van der Waals surface area contributed by atoms with Gasteiger partial charge in [0.2, 0.25) is 0 Å². The minimum atomic E-state index is -3.79. The first-order valence-corrected chi connectivity index (χ1v) is 15.7. The van der Waals surface area contributed by atoms with Gasteiger partial charge in [0.15, 0.2) is 0 Å². The highest BCUT2D eigenvalue weighted by atomic mass is 32.2. The number of amides is 1. The molecule has 210 valence electrons. The molecule has 5 aromatic rings. The van der Waals surface area contributed by atoms with E-state index >= 15 is 0 Å². The van der Waals surface area contributed by atoms with Crippen LogP contribution in [0.5, 0.6) is 0 Å². The number of carbonyl (C=O) groups excluding carboxylic acids is 1. The predicted molar refractivity (Wildman–Crippen MR) is 163 cm³/mol. The standard InChI is InChI=1S/C31H30N4O4S2/c1-21-8-14-27(15-9-21)41(37,38)39-26-16-18-34(19-17-26)24-12-10-23(11-13-24)32-30(36)29-20-28-22(2)33-35(31(28)40-29)25-6-4-3-5-7-25/h3-15,20,26H,16-19H2,1-2H3,(H,32,36). The van der Waals surface area contributed by atoms with Crippen molar-refractivity contribution in [2.24, 2.45) is 0 Å². The monoisotopic (exact) mass is 586 g/mol. The normalized spacial score (nSPS) is 14.4. The topological polar surface area (TPSA) is 93.5 Å². The van der Waals surface area contributed by atoms with Crippen LogP contribution in [0.1, 0.15) is 33.8 Å². The fraction of sp³-hybridized carbons (Fsp3) is 0.226. The molecule has 6 rings (SSSR count). The number of piperidine rings is 1. The van der Waals surface area contributed by atoms with Crippen molar-refractivity contribution in [3.05, 3.63) is 101 Å². The Labute approximate surface area is 243 Å². The molecule has 0 radical (unpaired) electrons. The molecule has 0 aliphatic carbocycles. The van der Waals surface area contributed by atoms with Crippen molar-refractivity contribution in [1.82, 2.24) is 9.78 Å². The fourth-order valence-corrected chi connectivity index (χ4v) is 7.21. The van der Waals surface area contributed by atoms with Crippen LogP contribution in [0.3, 0.4) is 0 Å². The molecule has 0 saturated carbocycles. The van der Waals surface area contributed by atoms with Crippen LogP contribution in [-0.2, 0) is 14.3 Å². The van der Waals surface area contributed by atoms with E-state index in [2.05, 4.69) is 15.3 Å². The number of thiophene rings is 1. The first kappa shape index (κ1) is 27.2. The van der Waals surface area contributed by atoms with Crippen LogP contribution in [0.25, 0.3) is 15.9 Å². The zero-order valence-corrected chi connectivity index (χ0v) is 24.4. The third kappa shape index (κ3) is 5.76. The van der Waals surface area contributed by atoms with Gasteiger partial charge in [0.05, 0.1) is 27.3 Å². The van der Waals surface area contributed by atoms with Gasteiger partial charge in [-0.25, -0.2) is 4.68 Å². The smallest absolute Gasteiger partial charge is 0.297 e. The summed E-state index contributed by atoms with van der Waals surface area (Å²) in [4.78, 5) is 17.0. The van der Waals surface area contributed by atoms with Gasteiger partial charge in [-0.3, -0.25) is 8.98 Å². The number of carbonyl (C=O) groups is 1. The van der Waals surface area contributed by atoms with Gasteiger partial charge in [-0.15, -0.1) is 11.3 Å². The van der Waals surface area contributed by atoms with Crippen molar-refractivity contribution in [1.29, 1.82) is 0 Å². The Morgan fingerprint density at radius 2 is 1.61 bits per heavy atom. The van der Waals surface area contributed by atoms with Crippen molar-refractivity contribution < 1.29 is 17.4 Å². The second kappa shape index (κ2) is 11.1. The number of rotatable bonds is 7. The van der Waals surface area contributed by atoms with E-state index in [9.17, 15) is 13.2 Å². The maximum atomic E-state index is 13.1. The van der Waals surface area contributed by atoms with Crippen molar-refractivity contribution in [3.63, 3.8) is 0 Å². The number of aryl methyl sites for hydroxylation is 2. The van der Waals surface area contributed by atoms with E-state index in [-0.39, 0.29) is 16.9 Å². The van der Waals surface area contributed by atoms with Crippen LogP contribution in [0.15, 0.2) is 89.8 Å². The maximum Gasteiger partial charge on any atom is 0.297 e. The third-order valence-corrected chi connectivity index (χ3v) is 9.76. The van der Waals surface area contributed by atoms with Crippen molar-refractivity contribution in [2.45, 2.75) is 37.7 Å². The lowest BCUT2D eigenvalue weighted by atomic mass is 10.1. The third-order valence-electron chi connectivity index (χ3n) is 7.27. The van der Waals surface area contributed by atoms with Gasteiger partial charge in [-0.2, -0.15) is 13.5 Å². The number of hydrogen-bond donors (Lipinski definition) is 1. The summed E-state index contributed by atoms with van der Waals surface area (Å²) in [6, 6.07) is 26.2. The SMILES string of the molecule is Cc1ccc(S(=O)(=O)OC2CCN(c3ccc(NC(=O)c4cc5c(C)nn(-c6ccccc6)c5s4)cc3)CC2)cc1. The molecule has 1 amide bonds. The van der Waals surface area contributed by atoms with Gasteiger partial charge < -0.3 is 10.2 Å². The summed E-state index contributed by atoms with van der Waals surface area (Å²) in [5, 5.41) is 8.63. The highest BCUT2D eigenvalue weighted by Crippen LogP contribution is 2.31. The first-order chi connectivity index (χ1) is 19.8. The molecule has 1 aliphatic rings. The Morgan fingerprint density at radius 3 is 2.29 bits per heavy atom. The average molecular weight is 587 g/mol. The molecule has 0 bridgehead atoms. The van der Waals surface area contributed by atoms with E-state index in [1.807, 2.05) is 79.2 Å². The minimum Gasteiger partial charge on any atom is -0.371 e.